The number of nitrogens with one attached hydrogen (secondary N) is 1. The van der Waals surface area contributed by atoms with E-state index in [1.807, 2.05) is 0 Å². The number of carboxylic acids is 2. The van der Waals surface area contributed by atoms with Gasteiger partial charge in [-0.1, -0.05) is 0 Å². The van der Waals surface area contributed by atoms with Crippen LogP contribution in [0, 0.1) is 6.92 Å². The fraction of sp³-hybridized carbons (Fsp3) is 0.400. The monoisotopic (exact) mass is 270 g/mol. The summed E-state index contributed by atoms with van der Waals surface area (Å²) in [6, 6.07) is -0.805. The molecule has 9 nitrogen and oxygen atoms in total. The lowest BCUT2D eigenvalue weighted by atomic mass is 10.4. The maximum atomic E-state index is 11.8. The van der Waals surface area contributed by atoms with Crippen molar-refractivity contribution in [3.63, 3.8) is 0 Å². The quantitative estimate of drug-likeness (QED) is 0.676. The van der Waals surface area contributed by atoms with Crippen molar-refractivity contribution in [3.05, 3.63) is 11.9 Å². The number of hydrogen-bond acceptors (Lipinski definition) is 4. The van der Waals surface area contributed by atoms with Crippen LogP contribution in [0.5, 0.6) is 0 Å². The second-order valence-electron chi connectivity index (χ2n) is 3.88. The Morgan fingerprint density at radius 2 is 1.84 bits per heavy atom. The van der Waals surface area contributed by atoms with Crippen molar-refractivity contribution >= 4 is 23.7 Å². The van der Waals surface area contributed by atoms with Gasteiger partial charge in [0.15, 0.2) is 0 Å². The minimum absolute atomic E-state index is 0.397. The molecule has 3 N–H and O–H groups in total. The lowest BCUT2D eigenvalue weighted by Crippen LogP contribution is -2.42. The summed E-state index contributed by atoms with van der Waals surface area (Å²) in [4.78, 5) is 33.7. The molecule has 1 heterocycles. The molecule has 9 heteroatoms. The highest BCUT2D eigenvalue weighted by Crippen LogP contribution is 2.12. The van der Waals surface area contributed by atoms with Crippen LogP contribution in [0.4, 0.5) is 10.5 Å². The minimum Gasteiger partial charge on any atom is -0.480 e. The van der Waals surface area contributed by atoms with Gasteiger partial charge in [-0.3, -0.25) is 14.3 Å². The van der Waals surface area contributed by atoms with Gasteiger partial charge in [-0.2, -0.15) is 5.10 Å². The second-order valence-corrected chi connectivity index (χ2v) is 3.88. The van der Waals surface area contributed by atoms with E-state index in [9.17, 15) is 14.4 Å². The Morgan fingerprint density at radius 3 is 2.21 bits per heavy atom. The van der Waals surface area contributed by atoms with E-state index in [1.54, 1.807) is 14.0 Å². The molecule has 0 aliphatic rings. The first-order valence-corrected chi connectivity index (χ1v) is 5.29. The molecule has 0 bridgehead atoms. The molecule has 19 heavy (non-hydrogen) atoms. The molecule has 0 saturated carbocycles. The Bertz CT molecular complexity index is 494. The van der Waals surface area contributed by atoms with Crippen LogP contribution in [-0.2, 0) is 16.6 Å². The number of carbonyl (C=O) groups excluding carboxylic acids is 1. The molecule has 2 amide bonds. The highest BCUT2D eigenvalue weighted by Gasteiger charge is 2.20. The van der Waals surface area contributed by atoms with Gasteiger partial charge in [-0.15, -0.1) is 0 Å². The molecule has 104 valence electrons. The van der Waals surface area contributed by atoms with Crippen LogP contribution < -0.4 is 5.32 Å². The molecule has 0 aliphatic carbocycles. The summed E-state index contributed by atoms with van der Waals surface area (Å²) in [5, 5.41) is 23.7. The van der Waals surface area contributed by atoms with Crippen LogP contribution >= 0.6 is 0 Å². The summed E-state index contributed by atoms with van der Waals surface area (Å²) in [7, 11) is 1.66. The molecule has 0 atom stereocenters. The lowest BCUT2D eigenvalue weighted by molar-refractivity contribution is -0.140. The third kappa shape index (κ3) is 4.30. The number of amides is 2. The third-order valence-electron chi connectivity index (χ3n) is 2.19. The molecule has 1 aromatic rings. The van der Waals surface area contributed by atoms with Gasteiger partial charge in [0.2, 0.25) is 0 Å². The smallest absolute Gasteiger partial charge is 0.323 e. The Morgan fingerprint density at radius 1 is 1.32 bits per heavy atom. The first-order valence-electron chi connectivity index (χ1n) is 5.29. The van der Waals surface area contributed by atoms with E-state index in [1.165, 1.54) is 10.9 Å². The van der Waals surface area contributed by atoms with E-state index in [0.717, 1.165) is 0 Å². The van der Waals surface area contributed by atoms with Crippen LogP contribution in [0.2, 0.25) is 0 Å². The highest BCUT2D eigenvalue weighted by molar-refractivity contribution is 5.93. The summed E-state index contributed by atoms with van der Waals surface area (Å²) in [5.74, 6) is -2.58. The number of aryl methyl sites for hydroxylation is 2. The summed E-state index contributed by atoms with van der Waals surface area (Å²) in [6.07, 6.45) is 1.53. The van der Waals surface area contributed by atoms with Crippen molar-refractivity contribution in [1.29, 1.82) is 0 Å². The molecule has 1 aromatic heterocycles. The van der Waals surface area contributed by atoms with Crippen molar-refractivity contribution in [1.82, 2.24) is 14.7 Å². The zero-order valence-electron chi connectivity index (χ0n) is 10.5. The number of carbonyl (C=O) groups is 3. The number of rotatable bonds is 5. The normalized spacial score (nSPS) is 10.0. The number of hydrogen-bond donors (Lipinski definition) is 3. The maximum absolute atomic E-state index is 11.8. The van der Waals surface area contributed by atoms with E-state index in [0.29, 0.717) is 16.3 Å². The average Bonchev–Trinajstić information content (AvgIpc) is 2.55. The van der Waals surface area contributed by atoms with Crippen molar-refractivity contribution < 1.29 is 24.6 Å². The number of aliphatic carboxylic acids is 2. The summed E-state index contributed by atoms with van der Waals surface area (Å²) in [5.41, 5.74) is 0.940. The lowest BCUT2D eigenvalue weighted by Gasteiger charge is -2.18. The first kappa shape index (κ1) is 14.5. The zero-order chi connectivity index (χ0) is 14.6. The molecule has 1 rings (SSSR count). The zero-order valence-corrected chi connectivity index (χ0v) is 10.5. The largest absolute Gasteiger partial charge is 0.480 e. The van der Waals surface area contributed by atoms with Crippen molar-refractivity contribution in [2.45, 2.75) is 6.92 Å². The van der Waals surface area contributed by atoms with Gasteiger partial charge in [0.25, 0.3) is 0 Å². The van der Waals surface area contributed by atoms with Gasteiger partial charge < -0.3 is 20.4 Å². The van der Waals surface area contributed by atoms with Crippen molar-refractivity contribution in [3.8, 4) is 0 Å². The Hall–Kier alpha value is -2.58. The molecular weight excluding hydrogens is 256 g/mol. The fourth-order valence-electron chi connectivity index (χ4n) is 1.44. The Labute approximate surface area is 108 Å². The molecule has 0 fully saturated rings. The molecule has 0 unspecified atom stereocenters. The number of carboxylic acid groups (broad SMARTS) is 2. The summed E-state index contributed by atoms with van der Waals surface area (Å²) in [6.45, 7) is 0.267. The van der Waals surface area contributed by atoms with Crippen molar-refractivity contribution in [2.75, 3.05) is 18.4 Å². The van der Waals surface area contributed by atoms with E-state index in [-0.39, 0.29) is 0 Å². The summed E-state index contributed by atoms with van der Waals surface area (Å²) < 4.78 is 1.48. The van der Waals surface area contributed by atoms with E-state index in [4.69, 9.17) is 10.2 Å². The van der Waals surface area contributed by atoms with Gasteiger partial charge in [-0.05, 0) is 6.92 Å². The predicted molar refractivity (Wildman–Crippen MR) is 63.8 cm³/mol. The topological polar surface area (TPSA) is 125 Å². The maximum Gasteiger partial charge on any atom is 0.323 e. The number of anilines is 1. The van der Waals surface area contributed by atoms with Gasteiger partial charge >= 0.3 is 18.0 Å². The Kier molecular flexibility index (Phi) is 4.46. The highest BCUT2D eigenvalue weighted by atomic mass is 16.4. The van der Waals surface area contributed by atoms with Crippen LogP contribution in [0.3, 0.4) is 0 Å². The van der Waals surface area contributed by atoms with Gasteiger partial charge in [-0.25, -0.2) is 4.79 Å². The van der Waals surface area contributed by atoms with Crippen LogP contribution in [0.1, 0.15) is 5.69 Å². The van der Waals surface area contributed by atoms with Gasteiger partial charge in [0.1, 0.15) is 13.1 Å². The molecule has 0 saturated heterocycles. The number of urea groups is 1. The van der Waals surface area contributed by atoms with Crippen LogP contribution in [-0.4, -0.2) is 56.0 Å². The van der Waals surface area contributed by atoms with E-state index < -0.39 is 31.1 Å². The first-order chi connectivity index (χ1) is 8.79. The van der Waals surface area contributed by atoms with Crippen LogP contribution in [0.15, 0.2) is 6.20 Å². The molecule has 0 aromatic carbocycles. The second kappa shape index (κ2) is 5.85. The van der Waals surface area contributed by atoms with Crippen molar-refractivity contribution in [2.24, 2.45) is 7.05 Å². The standard InChI is InChI=1S/C10H14N4O5/c1-6-7(3-13(2)12-6)11-10(19)14(4-8(15)16)5-9(17)18/h3H,4-5H2,1-2H3,(H,11,19)(H,15,16)(H,17,18). The number of aromatic nitrogens is 2. The Balaban J connectivity index is 2.78. The molecule has 0 spiro atoms. The average molecular weight is 270 g/mol. The van der Waals surface area contributed by atoms with E-state index >= 15 is 0 Å². The van der Waals surface area contributed by atoms with E-state index in [2.05, 4.69) is 10.4 Å². The third-order valence-corrected chi connectivity index (χ3v) is 2.19. The predicted octanol–water partition coefficient (Wildman–Crippen LogP) is -0.268. The van der Waals surface area contributed by atoms with Gasteiger partial charge in [0.05, 0.1) is 11.4 Å². The van der Waals surface area contributed by atoms with Crippen LogP contribution in [0.25, 0.3) is 0 Å². The molecule has 0 aliphatic heterocycles. The minimum atomic E-state index is -1.29. The van der Waals surface area contributed by atoms with Gasteiger partial charge in [0, 0.05) is 13.2 Å². The summed E-state index contributed by atoms with van der Waals surface area (Å²) >= 11 is 0. The molecule has 0 radical (unpaired) electrons. The number of nitrogens with zero attached hydrogens (tertiary/aromatic N) is 3. The SMILES string of the molecule is Cc1nn(C)cc1NC(=O)N(CC(=O)O)CC(=O)O. The molecular formula is C10H14N4O5. The fourth-order valence-corrected chi connectivity index (χ4v) is 1.44.